The summed E-state index contributed by atoms with van der Waals surface area (Å²) in [4.78, 5) is 26.5. The molecule has 4 aromatic rings. The molecule has 2 aliphatic rings. The summed E-state index contributed by atoms with van der Waals surface area (Å²) in [6.07, 6.45) is 3.82. The van der Waals surface area contributed by atoms with Crippen LogP contribution in [0.2, 0.25) is 0 Å². The van der Waals surface area contributed by atoms with Crippen LogP contribution >= 0.6 is 0 Å². The molecule has 2 aliphatic heterocycles. The van der Waals surface area contributed by atoms with E-state index in [1.807, 2.05) is 18.3 Å². The van der Waals surface area contributed by atoms with E-state index in [9.17, 15) is 14.3 Å². The molecule has 9 heteroatoms. The number of anilines is 2. The molecule has 2 fully saturated rings. The van der Waals surface area contributed by atoms with Crippen LogP contribution in [-0.4, -0.2) is 72.4 Å². The topological polar surface area (TPSA) is 84.9 Å². The number of H-pyrrole nitrogens is 1. The van der Waals surface area contributed by atoms with Crippen LogP contribution < -0.4 is 20.1 Å². The van der Waals surface area contributed by atoms with Crippen molar-refractivity contribution in [3.05, 3.63) is 64.8 Å². The van der Waals surface area contributed by atoms with Gasteiger partial charge in [0, 0.05) is 68.3 Å². The minimum Gasteiger partial charge on any atom is -0.503 e. The van der Waals surface area contributed by atoms with Crippen molar-refractivity contribution in [2.45, 2.75) is 18.9 Å². The van der Waals surface area contributed by atoms with E-state index >= 15 is 0 Å². The lowest BCUT2D eigenvalue weighted by Gasteiger charge is -2.44. The van der Waals surface area contributed by atoms with Crippen molar-refractivity contribution < 1.29 is 14.2 Å². The molecule has 37 heavy (non-hydrogen) atoms. The molecule has 0 spiro atoms. The number of fused-ring (bicyclic) bond motifs is 2. The van der Waals surface area contributed by atoms with Crippen LogP contribution in [0.5, 0.6) is 11.5 Å². The van der Waals surface area contributed by atoms with Crippen molar-refractivity contribution in [1.82, 2.24) is 14.9 Å². The summed E-state index contributed by atoms with van der Waals surface area (Å²) in [7, 11) is 1.70. The van der Waals surface area contributed by atoms with Gasteiger partial charge in [-0.3, -0.25) is 14.7 Å². The molecule has 0 aliphatic carbocycles. The molecular formula is C28H30FN5O3. The number of rotatable bonds is 4. The van der Waals surface area contributed by atoms with Crippen molar-refractivity contribution >= 4 is 33.2 Å². The maximum atomic E-state index is 14.4. The maximum Gasteiger partial charge on any atom is 0.290 e. The molecule has 0 radical (unpaired) electrons. The number of aromatic amines is 1. The highest BCUT2D eigenvalue weighted by Crippen LogP contribution is 2.33. The molecule has 6 rings (SSSR count). The number of ether oxygens (including phenoxy) is 1. The number of nitrogens with one attached hydrogen (secondary N) is 1. The molecule has 8 nitrogen and oxygen atoms in total. The summed E-state index contributed by atoms with van der Waals surface area (Å²) in [6, 6.07) is 12.9. The predicted molar refractivity (Wildman–Crippen MR) is 144 cm³/mol. The van der Waals surface area contributed by atoms with E-state index in [1.54, 1.807) is 13.2 Å². The SMILES string of the molecule is COc1cc(N2CCN(C3CCN(c4ccc(F)c5cc(O)c(=O)[nH]c45)CC3)CC2)c2ncccc2c1. The maximum absolute atomic E-state index is 14.4. The number of nitrogens with zero attached hydrogens (tertiary/aromatic N) is 4. The van der Waals surface area contributed by atoms with Crippen LogP contribution in [0.15, 0.2) is 53.5 Å². The number of piperazine rings is 1. The highest BCUT2D eigenvalue weighted by Gasteiger charge is 2.29. The van der Waals surface area contributed by atoms with Gasteiger partial charge < -0.3 is 24.6 Å². The summed E-state index contributed by atoms with van der Waals surface area (Å²) in [5, 5.41) is 11.1. The van der Waals surface area contributed by atoms with Crippen LogP contribution in [0.3, 0.4) is 0 Å². The van der Waals surface area contributed by atoms with Crippen molar-refractivity contribution in [1.29, 1.82) is 0 Å². The number of aromatic hydroxyl groups is 1. The largest absolute Gasteiger partial charge is 0.503 e. The number of hydrogen-bond donors (Lipinski definition) is 2. The molecule has 0 atom stereocenters. The van der Waals surface area contributed by atoms with E-state index in [0.717, 1.165) is 80.1 Å². The Hall–Kier alpha value is -3.85. The van der Waals surface area contributed by atoms with Gasteiger partial charge >= 0.3 is 0 Å². The van der Waals surface area contributed by atoms with Crippen LogP contribution in [0.1, 0.15) is 12.8 Å². The fraction of sp³-hybridized carbons (Fsp3) is 0.357. The van der Waals surface area contributed by atoms with E-state index in [0.29, 0.717) is 11.6 Å². The van der Waals surface area contributed by atoms with Gasteiger partial charge in [-0.15, -0.1) is 0 Å². The molecule has 0 unspecified atom stereocenters. The Kier molecular flexibility index (Phi) is 6.08. The lowest BCUT2D eigenvalue weighted by Crippen LogP contribution is -2.53. The smallest absolute Gasteiger partial charge is 0.290 e. The summed E-state index contributed by atoms with van der Waals surface area (Å²) >= 11 is 0. The molecule has 2 aromatic carbocycles. The molecule has 0 saturated carbocycles. The van der Waals surface area contributed by atoms with Gasteiger partial charge in [-0.05, 0) is 43.2 Å². The first-order valence-electron chi connectivity index (χ1n) is 12.7. The minimum absolute atomic E-state index is 0.229. The van der Waals surface area contributed by atoms with Crippen molar-refractivity contribution in [3.8, 4) is 11.5 Å². The van der Waals surface area contributed by atoms with Crippen LogP contribution in [0.4, 0.5) is 15.8 Å². The van der Waals surface area contributed by atoms with Crippen LogP contribution in [-0.2, 0) is 0 Å². The molecule has 192 valence electrons. The summed E-state index contributed by atoms with van der Waals surface area (Å²) < 4.78 is 19.9. The fourth-order valence-corrected chi connectivity index (χ4v) is 5.80. The van der Waals surface area contributed by atoms with E-state index in [-0.39, 0.29) is 5.39 Å². The van der Waals surface area contributed by atoms with Crippen molar-refractivity contribution in [2.75, 3.05) is 56.2 Å². The highest BCUT2D eigenvalue weighted by molar-refractivity contribution is 5.93. The zero-order valence-electron chi connectivity index (χ0n) is 20.8. The number of piperidine rings is 1. The number of hydrogen-bond acceptors (Lipinski definition) is 7. The molecule has 0 bridgehead atoms. The summed E-state index contributed by atoms with van der Waals surface area (Å²) in [5.41, 5.74) is 2.75. The standard InChI is InChI=1S/C28H30FN5O3/c1-37-20-15-18-3-2-8-30-26(18)24(16-20)34-13-11-32(12-14-34)19-6-9-33(10-7-19)23-5-4-22(29)21-17-25(35)28(36)31-27(21)23/h2-5,8,15-17,19,35H,6-7,9-14H2,1H3,(H,31,36). The van der Waals surface area contributed by atoms with E-state index in [1.165, 1.54) is 12.1 Å². The van der Waals surface area contributed by atoms with Crippen molar-refractivity contribution in [3.63, 3.8) is 0 Å². The first kappa shape index (κ1) is 23.5. The van der Waals surface area contributed by atoms with Crippen LogP contribution in [0.25, 0.3) is 21.8 Å². The van der Waals surface area contributed by atoms with Gasteiger partial charge in [0.25, 0.3) is 5.56 Å². The van der Waals surface area contributed by atoms with E-state index in [4.69, 9.17) is 4.74 Å². The Morgan fingerprint density at radius 2 is 1.76 bits per heavy atom. The Bertz CT molecular complexity index is 1510. The fourth-order valence-electron chi connectivity index (χ4n) is 5.80. The predicted octanol–water partition coefficient (Wildman–Crippen LogP) is 3.72. The zero-order chi connectivity index (χ0) is 25.5. The van der Waals surface area contributed by atoms with Gasteiger partial charge in [0.15, 0.2) is 5.75 Å². The first-order valence-corrected chi connectivity index (χ1v) is 12.7. The lowest BCUT2D eigenvalue weighted by atomic mass is 10.0. The van der Waals surface area contributed by atoms with E-state index < -0.39 is 17.1 Å². The van der Waals surface area contributed by atoms with Gasteiger partial charge in [-0.25, -0.2) is 4.39 Å². The molecule has 2 aromatic heterocycles. The van der Waals surface area contributed by atoms with Gasteiger partial charge in [0.1, 0.15) is 11.6 Å². The highest BCUT2D eigenvalue weighted by atomic mass is 19.1. The van der Waals surface area contributed by atoms with Crippen LogP contribution in [0, 0.1) is 5.82 Å². The quantitative estimate of drug-likeness (QED) is 0.439. The van der Waals surface area contributed by atoms with Gasteiger partial charge in [0.05, 0.1) is 29.5 Å². The second-order valence-electron chi connectivity index (χ2n) is 9.80. The number of pyridine rings is 2. The summed E-state index contributed by atoms with van der Waals surface area (Å²) in [5.74, 6) is -0.0913. The zero-order valence-corrected chi connectivity index (χ0v) is 20.8. The Labute approximate surface area is 213 Å². The second kappa shape index (κ2) is 9.55. The Balaban J connectivity index is 1.13. The number of methoxy groups -OCH3 is 1. The third kappa shape index (κ3) is 4.33. The van der Waals surface area contributed by atoms with Gasteiger partial charge in [-0.1, -0.05) is 6.07 Å². The monoisotopic (exact) mass is 503 g/mol. The van der Waals surface area contributed by atoms with Crippen molar-refractivity contribution in [2.24, 2.45) is 0 Å². The second-order valence-corrected chi connectivity index (χ2v) is 9.80. The average Bonchev–Trinajstić information content (AvgIpc) is 2.94. The first-order chi connectivity index (χ1) is 18.0. The molecule has 2 saturated heterocycles. The molecule has 2 N–H and O–H groups in total. The normalized spacial score (nSPS) is 17.6. The minimum atomic E-state index is -0.605. The molecule has 0 amide bonds. The molecular weight excluding hydrogens is 473 g/mol. The third-order valence-electron chi connectivity index (χ3n) is 7.79. The lowest BCUT2D eigenvalue weighted by molar-refractivity contribution is 0.160. The van der Waals surface area contributed by atoms with Gasteiger partial charge in [-0.2, -0.15) is 0 Å². The summed E-state index contributed by atoms with van der Waals surface area (Å²) in [6.45, 7) is 5.43. The molecule has 4 heterocycles. The number of aromatic nitrogens is 2. The third-order valence-corrected chi connectivity index (χ3v) is 7.79. The number of halogens is 1. The number of benzene rings is 2. The Morgan fingerprint density at radius 3 is 2.51 bits per heavy atom. The average molecular weight is 504 g/mol. The Morgan fingerprint density at radius 1 is 1.00 bits per heavy atom. The van der Waals surface area contributed by atoms with Gasteiger partial charge in [0.2, 0.25) is 0 Å². The van der Waals surface area contributed by atoms with E-state index in [2.05, 4.69) is 36.8 Å².